The number of hydrogen-bond acceptors (Lipinski definition) is 4. The van der Waals surface area contributed by atoms with Gasteiger partial charge in [-0.25, -0.2) is 9.97 Å². The molecule has 0 saturated heterocycles. The van der Waals surface area contributed by atoms with Gasteiger partial charge in [0.2, 0.25) is 5.91 Å². The number of aromatic nitrogens is 2. The molecule has 1 amide bonds. The van der Waals surface area contributed by atoms with Gasteiger partial charge in [0.15, 0.2) is 5.82 Å². The number of nitrogens with one attached hydrogen (secondary N) is 1. The number of benzene rings is 3. The normalized spacial score (nSPS) is 11.0. The van der Waals surface area contributed by atoms with E-state index in [0.717, 1.165) is 38.3 Å². The Hall–Kier alpha value is -2.89. The molecule has 31 heavy (non-hydrogen) atoms. The summed E-state index contributed by atoms with van der Waals surface area (Å²) >= 11 is 7.43. The highest BCUT2D eigenvalue weighted by atomic mass is 35.5. The molecule has 0 fully saturated rings. The maximum absolute atomic E-state index is 12.7. The van der Waals surface area contributed by atoms with Crippen molar-refractivity contribution in [3.8, 4) is 11.4 Å². The SMILES string of the molecule is Cc1cc(C)c(NC(=O)CSc2nc(-c3ccc(Cl)cc3)nc3ccccc23)c(C)c1. The summed E-state index contributed by atoms with van der Waals surface area (Å²) < 4.78 is 0. The van der Waals surface area contributed by atoms with Crippen molar-refractivity contribution in [2.75, 3.05) is 11.1 Å². The van der Waals surface area contributed by atoms with Crippen molar-refractivity contribution in [1.82, 2.24) is 9.97 Å². The highest BCUT2D eigenvalue weighted by Crippen LogP contribution is 2.29. The Morgan fingerprint density at radius 3 is 2.35 bits per heavy atom. The van der Waals surface area contributed by atoms with E-state index >= 15 is 0 Å². The molecule has 1 heterocycles. The molecule has 1 N–H and O–H groups in total. The number of hydrogen-bond donors (Lipinski definition) is 1. The lowest BCUT2D eigenvalue weighted by Gasteiger charge is -2.13. The third-order valence-corrected chi connectivity index (χ3v) is 6.20. The first-order valence-electron chi connectivity index (χ1n) is 9.94. The van der Waals surface area contributed by atoms with E-state index in [0.29, 0.717) is 10.8 Å². The van der Waals surface area contributed by atoms with Crippen molar-refractivity contribution in [2.45, 2.75) is 25.8 Å². The number of carbonyl (C=O) groups is 1. The van der Waals surface area contributed by atoms with Crippen LogP contribution in [0.5, 0.6) is 0 Å². The van der Waals surface area contributed by atoms with Crippen LogP contribution in [0.25, 0.3) is 22.3 Å². The Morgan fingerprint density at radius 1 is 0.968 bits per heavy atom. The van der Waals surface area contributed by atoms with E-state index in [4.69, 9.17) is 21.6 Å². The Bertz CT molecular complexity index is 1250. The van der Waals surface area contributed by atoms with Crippen LogP contribution in [0.3, 0.4) is 0 Å². The first kappa shape index (κ1) is 21.3. The van der Waals surface area contributed by atoms with E-state index in [2.05, 4.69) is 24.4 Å². The summed E-state index contributed by atoms with van der Waals surface area (Å²) in [5.74, 6) is 0.813. The number of aryl methyl sites for hydroxylation is 3. The third kappa shape index (κ3) is 4.89. The van der Waals surface area contributed by atoms with Gasteiger partial charge in [0, 0.05) is 21.7 Å². The largest absolute Gasteiger partial charge is 0.325 e. The van der Waals surface area contributed by atoms with Gasteiger partial charge in [0.05, 0.1) is 11.3 Å². The van der Waals surface area contributed by atoms with Crippen LogP contribution < -0.4 is 5.32 Å². The summed E-state index contributed by atoms with van der Waals surface area (Å²) in [7, 11) is 0. The minimum absolute atomic E-state index is 0.0595. The quantitative estimate of drug-likeness (QED) is 0.276. The van der Waals surface area contributed by atoms with Crippen LogP contribution in [-0.4, -0.2) is 21.6 Å². The third-order valence-electron chi connectivity index (χ3n) is 4.95. The maximum atomic E-state index is 12.7. The van der Waals surface area contributed by atoms with Crippen LogP contribution in [0.15, 0.2) is 65.7 Å². The first-order chi connectivity index (χ1) is 14.9. The molecule has 4 nitrogen and oxygen atoms in total. The van der Waals surface area contributed by atoms with E-state index in [9.17, 15) is 4.79 Å². The minimum Gasteiger partial charge on any atom is -0.325 e. The van der Waals surface area contributed by atoms with Crippen molar-refractivity contribution >= 4 is 45.9 Å². The second kappa shape index (κ2) is 9.08. The summed E-state index contributed by atoms with van der Waals surface area (Å²) in [6.45, 7) is 6.08. The molecule has 4 aromatic rings. The van der Waals surface area contributed by atoms with Crippen molar-refractivity contribution in [1.29, 1.82) is 0 Å². The molecule has 3 aromatic carbocycles. The van der Waals surface area contributed by atoms with Crippen molar-refractivity contribution < 1.29 is 4.79 Å². The minimum atomic E-state index is -0.0595. The molecule has 0 aliphatic carbocycles. The lowest BCUT2D eigenvalue weighted by Crippen LogP contribution is -2.16. The lowest BCUT2D eigenvalue weighted by atomic mass is 10.1. The van der Waals surface area contributed by atoms with Gasteiger partial charge in [-0.1, -0.05) is 59.3 Å². The zero-order valence-electron chi connectivity index (χ0n) is 17.6. The fourth-order valence-electron chi connectivity index (χ4n) is 3.57. The van der Waals surface area contributed by atoms with Crippen molar-refractivity contribution in [2.24, 2.45) is 0 Å². The van der Waals surface area contributed by atoms with Gasteiger partial charge in [-0.2, -0.15) is 0 Å². The zero-order valence-corrected chi connectivity index (χ0v) is 19.1. The van der Waals surface area contributed by atoms with E-state index < -0.39 is 0 Å². The summed E-state index contributed by atoms with van der Waals surface area (Å²) in [5, 5.41) is 5.43. The molecule has 0 radical (unpaired) electrons. The van der Waals surface area contributed by atoms with Gasteiger partial charge in [0.1, 0.15) is 5.03 Å². The van der Waals surface area contributed by atoms with Gasteiger partial charge >= 0.3 is 0 Å². The number of amides is 1. The predicted octanol–water partition coefficient (Wildman–Crippen LogP) is 6.61. The monoisotopic (exact) mass is 447 g/mol. The Morgan fingerprint density at radius 2 is 1.65 bits per heavy atom. The summed E-state index contributed by atoms with van der Waals surface area (Å²) in [5.41, 5.74) is 5.92. The second-order valence-electron chi connectivity index (χ2n) is 7.49. The molecule has 6 heteroatoms. The average Bonchev–Trinajstić information content (AvgIpc) is 2.75. The number of anilines is 1. The Labute approximate surface area is 191 Å². The van der Waals surface area contributed by atoms with Crippen LogP contribution in [0.4, 0.5) is 5.69 Å². The Balaban J connectivity index is 1.59. The Kier molecular flexibility index (Phi) is 6.25. The van der Waals surface area contributed by atoms with E-state index in [1.54, 1.807) is 0 Å². The topological polar surface area (TPSA) is 54.9 Å². The second-order valence-corrected chi connectivity index (χ2v) is 8.89. The number of fused-ring (bicyclic) bond motifs is 1. The maximum Gasteiger partial charge on any atom is 0.234 e. The lowest BCUT2D eigenvalue weighted by molar-refractivity contribution is -0.113. The van der Waals surface area contributed by atoms with Crippen LogP contribution in [0.1, 0.15) is 16.7 Å². The molecule has 0 unspecified atom stereocenters. The number of carbonyl (C=O) groups excluding carboxylic acids is 1. The highest BCUT2D eigenvalue weighted by molar-refractivity contribution is 8.00. The molecule has 0 spiro atoms. The average molecular weight is 448 g/mol. The highest BCUT2D eigenvalue weighted by Gasteiger charge is 2.13. The number of thioether (sulfide) groups is 1. The summed E-state index contributed by atoms with van der Waals surface area (Å²) in [6.07, 6.45) is 0. The first-order valence-corrected chi connectivity index (χ1v) is 11.3. The molecular formula is C25H22ClN3OS. The molecule has 4 rings (SSSR count). The van der Waals surface area contributed by atoms with Gasteiger partial charge < -0.3 is 5.32 Å². The van der Waals surface area contributed by atoms with Crippen LogP contribution in [0.2, 0.25) is 5.02 Å². The molecule has 1 aromatic heterocycles. The van der Waals surface area contributed by atoms with E-state index in [-0.39, 0.29) is 11.7 Å². The van der Waals surface area contributed by atoms with Gasteiger partial charge in [-0.05, 0) is 62.2 Å². The molecule has 0 aliphatic rings. The van der Waals surface area contributed by atoms with Crippen LogP contribution in [-0.2, 0) is 4.79 Å². The standard InChI is InChI=1S/C25H22ClN3OS/c1-15-12-16(2)23(17(3)13-15)28-22(30)14-31-25-20-6-4-5-7-21(20)27-24(29-25)18-8-10-19(26)11-9-18/h4-13H,14H2,1-3H3,(H,28,30). The molecule has 0 bridgehead atoms. The number of nitrogens with zero attached hydrogens (tertiary/aromatic N) is 2. The van der Waals surface area contributed by atoms with Gasteiger partial charge in [0.25, 0.3) is 0 Å². The molecule has 156 valence electrons. The predicted molar refractivity (Wildman–Crippen MR) is 130 cm³/mol. The van der Waals surface area contributed by atoms with Crippen LogP contribution >= 0.6 is 23.4 Å². The van der Waals surface area contributed by atoms with Crippen LogP contribution in [0, 0.1) is 20.8 Å². The fourth-order valence-corrected chi connectivity index (χ4v) is 4.52. The van der Waals surface area contributed by atoms with Gasteiger partial charge in [-0.3, -0.25) is 4.79 Å². The van der Waals surface area contributed by atoms with E-state index in [1.807, 2.05) is 62.4 Å². The number of para-hydroxylation sites is 1. The van der Waals surface area contributed by atoms with Gasteiger partial charge in [-0.15, -0.1) is 0 Å². The zero-order chi connectivity index (χ0) is 22.0. The summed E-state index contributed by atoms with van der Waals surface area (Å²) in [6, 6.07) is 19.4. The number of halogens is 1. The summed E-state index contributed by atoms with van der Waals surface area (Å²) in [4.78, 5) is 22.2. The number of rotatable bonds is 5. The smallest absolute Gasteiger partial charge is 0.234 e. The molecular weight excluding hydrogens is 426 g/mol. The van der Waals surface area contributed by atoms with Crippen molar-refractivity contribution in [3.63, 3.8) is 0 Å². The van der Waals surface area contributed by atoms with Crippen molar-refractivity contribution in [3.05, 3.63) is 82.4 Å². The fraction of sp³-hybridized carbons (Fsp3) is 0.160. The molecule has 0 atom stereocenters. The van der Waals surface area contributed by atoms with E-state index in [1.165, 1.54) is 17.3 Å². The molecule has 0 aliphatic heterocycles. The molecule has 0 saturated carbocycles.